The van der Waals surface area contributed by atoms with E-state index in [0.717, 1.165) is 37.3 Å². The summed E-state index contributed by atoms with van der Waals surface area (Å²) in [6.45, 7) is 3.48. The molecular weight excluding hydrogens is 300 g/mol. The molecule has 5 nitrogen and oxygen atoms in total. The Morgan fingerprint density at radius 3 is 2.71 bits per heavy atom. The third kappa shape index (κ3) is 4.68. The van der Waals surface area contributed by atoms with Gasteiger partial charge in [0.15, 0.2) is 0 Å². The molecule has 0 bridgehead atoms. The molecule has 3 rings (SSSR count). The normalized spacial score (nSPS) is 15.5. The van der Waals surface area contributed by atoms with Crippen molar-refractivity contribution in [2.75, 3.05) is 43.6 Å². The van der Waals surface area contributed by atoms with E-state index in [1.165, 1.54) is 24.8 Å². The lowest BCUT2D eigenvalue weighted by molar-refractivity contribution is 0.210. The van der Waals surface area contributed by atoms with E-state index in [1.54, 1.807) is 7.11 Å². The SMILES string of the molecule is COCCNc1ccnc(N2CCC(Cc3ccccc3)CC2)n1. The van der Waals surface area contributed by atoms with Crippen LogP contribution in [0.3, 0.4) is 0 Å². The topological polar surface area (TPSA) is 50.3 Å². The van der Waals surface area contributed by atoms with E-state index >= 15 is 0 Å². The number of piperidine rings is 1. The Balaban J connectivity index is 1.52. The van der Waals surface area contributed by atoms with Crippen LogP contribution in [-0.2, 0) is 11.2 Å². The van der Waals surface area contributed by atoms with Gasteiger partial charge in [0.25, 0.3) is 0 Å². The van der Waals surface area contributed by atoms with Gasteiger partial charge in [-0.3, -0.25) is 0 Å². The molecule has 2 aromatic rings. The smallest absolute Gasteiger partial charge is 0.227 e. The molecule has 0 unspecified atom stereocenters. The van der Waals surface area contributed by atoms with Gasteiger partial charge in [0.05, 0.1) is 6.61 Å². The first kappa shape index (κ1) is 16.7. The van der Waals surface area contributed by atoms with Crippen molar-refractivity contribution in [1.29, 1.82) is 0 Å². The number of hydrogen-bond donors (Lipinski definition) is 1. The van der Waals surface area contributed by atoms with Gasteiger partial charge in [-0.15, -0.1) is 0 Å². The summed E-state index contributed by atoms with van der Waals surface area (Å²) in [6, 6.07) is 12.7. The third-order valence-electron chi connectivity index (χ3n) is 4.52. The van der Waals surface area contributed by atoms with Crippen LogP contribution in [0, 0.1) is 5.92 Å². The van der Waals surface area contributed by atoms with E-state index in [-0.39, 0.29) is 0 Å². The minimum atomic E-state index is 0.671. The van der Waals surface area contributed by atoms with Crippen LogP contribution in [0.4, 0.5) is 11.8 Å². The van der Waals surface area contributed by atoms with Crippen LogP contribution in [0.5, 0.6) is 0 Å². The molecule has 1 saturated heterocycles. The van der Waals surface area contributed by atoms with E-state index < -0.39 is 0 Å². The summed E-state index contributed by atoms with van der Waals surface area (Å²) in [5.74, 6) is 2.45. The fourth-order valence-corrected chi connectivity index (χ4v) is 3.16. The highest BCUT2D eigenvalue weighted by Crippen LogP contribution is 2.24. The zero-order valence-electron chi connectivity index (χ0n) is 14.3. The number of nitrogens with one attached hydrogen (secondary N) is 1. The summed E-state index contributed by atoms with van der Waals surface area (Å²) in [4.78, 5) is 11.4. The molecule has 1 aliphatic rings. The Morgan fingerprint density at radius 1 is 1.17 bits per heavy atom. The van der Waals surface area contributed by atoms with Gasteiger partial charge in [0, 0.05) is 32.9 Å². The maximum Gasteiger partial charge on any atom is 0.227 e. The summed E-state index contributed by atoms with van der Waals surface area (Å²) in [5, 5.41) is 3.26. The molecule has 1 aromatic heterocycles. The van der Waals surface area contributed by atoms with Crippen molar-refractivity contribution in [3.8, 4) is 0 Å². The maximum absolute atomic E-state index is 5.05. The van der Waals surface area contributed by atoms with E-state index in [4.69, 9.17) is 4.74 Å². The minimum absolute atomic E-state index is 0.671. The van der Waals surface area contributed by atoms with Crippen LogP contribution in [0.25, 0.3) is 0 Å². The average molecular weight is 326 g/mol. The van der Waals surface area contributed by atoms with Gasteiger partial charge in [-0.1, -0.05) is 30.3 Å². The average Bonchev–Trinajstić information content (AvgIpc) is 2.64. The minimum Gasteiger partial charge on any atom is -0.383 e. The molecule has 0 atom stereocenters. The fourth-order valence-electron chi connectivity index (χ4n) is 3.16. The lowest BCUT2D eigenvalue weighted by Gasteiger charge is -2.32. The lowest BCUT2D eigenvalue weighted by atomic mass is 9.90. The van der Waals surface area contributed by atoms with Crippen molar-refractivity contribution in [2.24, 2.45) is 5.92 Å². The van der Waals surface area contributed by atoms with Crippen molar-refractivity contribution in [3.05, 3.63) is 48.2 Å². The Kier molecular flexibility index (Phi) is 6.01. The van der Waals surface area contributed by atoms with Crippen molar-refractivity contribution in [3.63, 3.8) is 0 Å². The van der Waals surface area contributed by atoms with E-state index in [9.17, 15) is 0 Å². The van der Waals surface area contributed by atoms with Gasteiger partial charge >= 0.3 is 0 Å². The standard InChI is InChI=1S/C19H26N4O/c1-24-14-11-20-18-7-10-21-19(22-18)23-12-8-17(9-13-23)15-16-5-3-2-4-6-16/h2-7,10,17H,8-9,11-15H2,1H3,(H,20,21,22). The number of benzene rings is 1. The molecule has 0 radical (unpaired) electrons. The van der Waals surface area contributed by atoms with Crippen LogP contribution in [0.15, 0.2) is 42.6 Å². The number of methoxy groups -OCH3 is 1. The second-order valence-corrected chi connectivity index (χ2v) is 6.28. The van der Waals surface area contributed by atoms with Gasteiger partial charge < -0.3 is 15.0 Å². The zero-order valence-corrected chi connectivity index (χ0v) is 14.3. The van der Waals surface area contributed by atoms with Crippen LogP contribution in [-0.4, -0.2) is 43.3 Å². The second-order valence-electron chi connectivity index (χ2n) is 6.28. The van der Waals surface area contributed by atoms with Crippen LogP contribution < -0.4 is 10.2 Å². The van der Waals surface area contributed by atoms with Gasteiger partial charge in [0.2, 0.25) is 5.95 Å². The molecule has 0 saturated carbocycles. The second kappa shape index (κ2) is 8.64. The predicted molar refractivity (Wildman–Crippen MR) is 97.5 cm³/mol. The van der Waals surface area contributed by atoms with Gasteiger partial charge in [-0.25, -0.2) is 4.98 Å². The highest BCUT2D eigenvalue weighted by atomic mass is 16.5. The van der Waals surface area contributed by atoms with Gasteiger partial charge in [0.1, 0.15) is 5.82 Å². The molecule has 5 heteroatoms. The number of nitrogens with zero attached hydrogens (tertiary/aromatic N) is 3. The number of hydrogen-bond acceptors (Lipinski definition) is 5. The molecule has 1 aromatic carbocycles. The van der Waals surface area contributed by atoms with Crippen molar-refractivity contribution >= 4 is 11.8 Å². The summed E-state index contributed by atoms with van der Waals surface area (Å²) in [7, 11) is 1.70. The summed E-state index contributed by atoms with van der Waals surface area (Å²) in [5.41, 5.74) is 1.44. The number of aromatic nitrogens is 2. The summed E-state index contributed by atoms with van der Waals surface area (Å²) < 4.78 is 5.05. The monoisotopic (exact) mass is 326 g/mol. The Bertz CT molecular complexity index is 612. The van der Waals surface area contributed by atoms with E-state index in [1.807, 2.05) is 12.3 Å². The highest BCUT2D eigenvalue weighted by Gasteiger charge is 2.21. The molecule has 2 heterocycles. The van der Waals surface area contributed by atoms with E-state index in [2.05, 4.69) is 50.5 Å². The van der Waals surface area contributed by atoms with Gasteiger partial charge in [-0.2, -0.15) is 4.98 Å². The Morgan fingerprint density at radius 2 is 1.96 bits per heavy atom. The first-order chi connectivity index (χ1) is 11.8. The van der Waals surface area contributed by atoms with Crippen LogP contribution in [0.2, 0.25) is 0 Å². The largest absolute Gasteiger partial charge is 0.383 e. The Labute approximate surface area is 144 Å². The third-order valence-corrected chi connectivity index (χ3v) is 4.52. The quantitative estimate of drug-likeness (QED) is 0.793. The van der Waals surface area contributed by atoms with Gasteiger partial charge in [-0.05, 0) is 36.8 Å². The molecule has 1 N–H and O–H groups in total. The molecule has 0 amide bonds. The first-order valence-corrected chi connectivity index (χ1v) is 8.70. The molecule has 24 heavy (non-hydrogen) atoms. The first-order valence-electron chi connectivity index (χ1n) is 8.70. The predicted octanol–water partition coefficient (Wildman–Crippen LogP) is 2.99. The summed E-state index contributed by atoms with van der Waals surface area (Å²) in [6.07, 6.45) is 5.39. The van der Waals surface area contributed by atoms with Crippen molar-refractivity contribution in [2.45, 2.75) is 19.3 Å². The molecular formula is C19H26N4O. The molecule has 0 aliphatic carbocycles. The van der Waals surface area contributed by atoms with Crippen molar-refractivity contribution in [1.82, 2.24) is 9.97 Å². The lowest BCUT2D eigenvalue weighted by Crippen LogP contribution is -2.35. The zero-order chi connectivity index (χ0) is 16.6. The van der Waals surface area contributed by atoms with Crippen LogP contribution >= 0.6 is 0 Å². The van der Waals surface area contributed by atoms with Crippen LogP contribution in [0.1, 0.15) is 18.4 Å². The number of ether oxygens (including phenoxy) is 1. The Hall–Kier alpha value is -2.14. The molecule has 128 valence electrons. The molecule has 1 aliphatic heterocycles. The molecule has 1 fully saturated rings. The molecule has 0 spiro atoms. The van der Waals surface area contributed by atoms with Crippen molar-refractivity contribution < 1.29 is 4.74 Å². The number of rotatable bonds is 7. The maximum atomic E-state index is 5.05. The summed E-state index contributed by atoms with van der Waals surface area (Å²) >= 11 is 0. The van der Waals surface area contributed by atoms with E-state index in [0.29, 0.717) is 6.61 Å². The number of anilines is 2. The highest BCUT2D eigenvalue weighted by molar-refractivity contribution is 5.41. The fraction of sp³-hybridized carbons (Fsp3) is 0.474.